The van der Waals surface area contributed by atoms with Crippen LogP contribution in [0.25, 0.3) is 0 Å². The minimum Gasteiger partial charge on any atom is -0.323 e. The van der Waals surface area contributed by atoms with Gasteiger partial charge in [-0.3, -0.25) is 4.79 Å². The van der Waals surface area contributed by atoms with E-state index in [9.17, 15) is 9.59 Å². The SMILES string of the molecule is CNC(=O)ON(C)C(C)=O. The third-order valence-electron chi connectivity index (χ3n) is 0.867. The fourth-order valence-corrected chi connectivity index (χ4v) is 0.234. The molecular formula is C5H10N2O3. The van der Waals surface area contributed by atoms with Crippen molar-refractivity contribution in [1.29, 1.82) is 0 Å². The number of hydrogen-bond donors (Lipinski definition) is 1. The van der Waals surface area contributed by atoms with Gasteiger partial charge in [-0.25, -0.2) is 4.79 Å². The lowest BCUT2D eigenvalue weighted by atomic mass is 10.7. The molecule has 0 bridgehead atoms. The van der Waals surface area contributed by atoms with E-state index < -0.39 is 6.09 Å². The first kappa shape index (κ1) is 8.74. The molecule has 0 heterocycles. The van der Waals surface area contributed by atoms with Crippen LogP contribution in [0.4, 0.5) is 4.79 Å². The Morgan fingerprint density at radius 3 is 2.30 bits per heavy atom. The smallest absolute Gasteiger partial charge is 0.323 e. The number of nitrogens with one attached hydrogen (secondary N) is 1. The van der Waals surface area contributed by atoms with Gasteiger partial charge in [0.2, 0.25) is 0 Å². The molecule has 0 fully saturated rings. The van der Waals surface area contributed by atoms with Gasteiger partial charge in [-0.2, -0.15) is 5.06 Å². The van der Waals surface area contributed by atoms with Crippen LogP contribution in [0.15, 0.2) is 0 Å². The molecule has 0 aromatic rings. The predicted octanol–water partition coefficient (Wildman–Crippen LogP) is -0.264. The molecule has 0 aromatic heterocycles. The number of amides is 2. The van der Waals surface area contributed by atoms with E-state index in [0.717, 1.165) is 5.06 Å². The van der Waals surface area contributed by atoms with Crippen LogP contribution >= 0.6 is 0 Å². The highest BCUT2D eigenvalue weighted by atomic mass is 16.7. The van der Waals surface area contributed by atoms with Crippen molar-refractivity contribution in [3.05, 3.63) is 0 Å². The Labute approximate surface area is 58.9 Å². The summed E-state index contributed by atoms with van der Waals surface area (Å²) in [6.45, 7) is 1.29. The van der Waals surface area contributed by atoms with Crippen LogP contribution < -0.4 is 5.32 Å². The molecule has 5 nitrogen and oxygen atoms in total. The van der Waals surface area contributed by atoms with Crippen LogP contribution in [0, 0.1) is 0 Å². The summed E-state index contributed by atoms with van der Waals surface area (Å²) >= 11 is 0. The summed E-state index contributed by atoms with van der Waals surface area (Å²) in [5, 5.41) is 3.04. The van der Waals surface area contributed by atoms with E-state index in [1.165, 1.54) is 21.0 Å². The van der Waals surface area contributed by atoms with E-state index >= 15 is 0 Å². The summed E-state index contributed by atoms with van der Waals surface area (Å²) < 4.78 is 0. The lowest BCUT2D eigenvalue weighted by molar-refractivity contribution is -0.157. The lowest BCUT2D eigenvalue weighted by Gasteiger charge is -2.12. The zero-order valence-corrected chi connectivity index (χ0v) is 6.17. The van der Waals surface area contributed by atoms with E-state index in [-0.39, 0.29) is 5.91 Å². The quantitative estimate of drug-likeness (QED) is 0.479. The van der Waals surface area contributed by atoms with Crippen molar-refractivity contribution in [1.82, 2.24) is 10.4 Å². The summed E-state index contributed by atoms with van der Waals surface area (Å²) in [5.74, 6) is -0.330. The number of carbonyl (C=O) groups excluding carboxylic acids is 2. The molecule has 0 aliphatic rings. The standard InChI is InChI=1S/C5H10N2O3/c1-4(8)7(3)10-5(9)6-2/h1-3H3,(H,6,9). The highest BCUT2D eigenvalue weighted by molar-refractivity contribution is 5.74. The molecule has 0 saturated heterocycles. The van der Waals surface area contributed by atoms with Gasteiger partial charge in [0.05, 0.1) is 0 Å². The Morgan fingerprint density at radius 1 is 1.50 bits per heavy atom. The van der Waals surface area contributed by atoms with Crippen molar-refractivity contribution in [2.75, 3.05) is 14.1 Å². The number of nitrogens with zero attached hydrogens (tertiary/aromatic N) is 1. The highest BCUT2D eigenvalue weighted by Crippen LogP contribution is 1.85. The second-order valence-corrected chi connectivity index (χ2v) is 1.65. The molecule has 0 aliphatic carbocycles. The van der Waals surface area contributed by atoms with Crippen molar-refractivity contribution in [2.45, 2.75) is 6.92 Å². The van der Waals surface area contributed by atoms with Crippen LogP contribution in [-0.4, -0.2) is 31.2 Å². The van der Waals surface area contributed by atoms with Gasteiger partial charge in [0.25, 0.3) is 5.91 Å². The van der Waals surface area contributed by atoms with E-state index in [0.29, 0.717) is 0 Å². The van der Waals surface area contributed by atoms with Crippen LogP contribution in [-0.2, 0) is 9.63 Å². The van der Waals surface area contributed by atoms with Crippen molar-refractivity contribution >= 4 is 12.0 Å². The normalized spacial score (nSPS) is 8.30. The van der Waals surface area contributed by atoms with Gasteiger partial charge in [-0.1, -0.05) is 0 Å². The summed E-state index contributed by atoms with van der Waals surface area (Å²) in [4.78, 5) is 25.2. The Balaban J connectivity index is 3.68. The maximum atomic E-state index is 10.4. The van der Waals surface area contributed by atoms with Gasteiger partial charge in [0.1, 0.15) is 0 Å². The fraction of sp³-hybridized carbons (Fsp3) is 0.600. The minimum atomic E-state index is -0.655. The Hall–Kier alpha value is -1.26. The molecule has 0 rings (SSSR count). The summed E-state index contributed by atoms with van der Waals surface area (Å²) in [7, 11) is 2.77. The third-order valence-corrected chi connectivity index (χ3v) is 0.867. The van der Waals surface area contributed by atoms with Crippen molar-refractivity contribution < 1.29 is 14.4 Å². The van der Waals surface area contributed by atoms with E-state index in [1.54, 1.807) is 0 Å². The van der Waals surface area contributed by atoms with Crippen LogP contribution in [0.3, 0.4) is 0 Å². The Kier molecular flexibility index (Phi) is 3.24. The zero-order chi connectivity index (χ0) is 8.15. The Bertz CT molecular complexity index is 146. The minimum absolute atomic E-state index is 0.330. The topological polar surface area (TPSA) is 58.6 Å². The van der Waals surface area contributed by atoms with Gasteiger partial charge in [-0.05, 0) is 0 Å². The molecule has 0 unspecified atom stereocenters. The average molecular weight is 146 g/mol. The van der Waals surface area contributed by atoms with Crippen molar-refractivity contribution in [3.8, 4) is 0 Å². The van der Waals surface area contributed by atoms with E-state index in [2.05, 4.69) is 10.2 Å². The van der Waals surface area contributed by atoms with E-state index in [1.807, 2.05) is 0 Å². The first-order valence-electron chi connectivity index (χ1n) is 2.72. The summed E-state index contributed by atoms with van der Waals surface area (Å²) in [5.41, 5.74) is 0. The van der Waals surface area contributed by atoms with Gasteiger partial charge in [0.15, 0.2) is 0 Å². The Morgan fingerprint density at radius 2 is 2.00 bits per heavy atom. The monoisotopic (exact) mass is 146 g/mol. The second kappa shape index (κ2) is 3.71. The van der Waals surface area contributed by atoms with Gasteiger partial charge >= 0.3 is 6.09 Å². The van der Waals surface area contributed by atoms with Crippen molar-refractivity contribution in [3.63, 3.8) is 0 Å². The van der Waals surface area contributed by atoms with Gasteiger partial charge in [-0.15, -0.1) is 0 Å². The molecule has 5 heteroatoms. The molecule has 0 saturated carbocycles. The molecule has 2 amide bonds. The maximum absolute atomic E-state index is 10.4. The molecular weight excluding hydrogens is 136 g/mol. The lowest BCUT2D eigenvalue weighted by Crippen LogP contribution is -2.32. The molecule has 1 N–H and O–H groups in total. The van der Waals surface area contributed by atoms with E-state index in [4.69, 9.17) is 0 Å². The largest absolute Gasteiger partial charge is 0.431 e. The molecule has 10 heavy (non-hydrogen) atoms. The number of rotatable bonds is 0. The molecule has 0 aliphatic heterocycles. The number of hydroxylamine groups is 2. The highest BCUT2D eigenvalue weighted by Gasteiger charge is 2.06. The third kappa shape index (κ3) is 2.91. The number of hydrogen-bond acceptors (Lipinski definition) is 3. The molecule has 58 valence electrons. The zero-order valence-electron chi connectivity index (χ0n) is 6.17. The molecule has 0 atom stereocenters. The first-order chi connectivity index (χ1) is 4.57. The van der Waals surface area contributed by atoms with Crippen LogP contribution in [0.1, 0.15) is 6.92 Å². The molecule has 0 spiro atoms. The fourth-order valence-electron chi connectivity index (χ4n) is 0.234. The number of carbonyl (C=O) groups is 2. The maximum Gasteiger partial charge on any atom is 0.431 e. The van der Waals surface area contributed by atoms with Crippen LogP contribution in [0.5, 0.6) is 0 Å². The first-order valence-corrected chi connectivity index (χ1v) is 2.72. The van der Waals surface area contributed by atoms with Crippen LogP contribution in [0.2, 0.25) is 0 Å². The van der Waals surface area contributed by atoms with Gasteiger partial charge < -0.3 is 10.2 Å². The molecule has 0 radical (unpaired) electrons. The van der Waals surface area contributed by atoms with Gasteiger partial charge in [0, 0.05) is 21.0 Å². The summed E-state index contributed by atoms with van der Waals surface area (Å²) in [6, 6.07) is 0. The predicted molar refractivity (Wildman–Crippen MR) is 34.0 cm³/mol. The summed E-state index contributed by atoms with van der Waals surface area (Å²) in [6.07, 6.45) is -0.655. The molecule has 0 aromatic carbocycles. The van der Waals surface area contributed by atoms with Crippen molar-refractivity contribution in [2.24, 2.45) is 0 Å². The average Bonchev–Trinajstić information content (AvgIpc) is 1.87. The second-order valence-electron chi connectivity index (χ2n) is 1.65.